The van der Waals surface area contributed by atoms with Crippen LogP contribution in [0.25, 0.3) is 0 Å². The van der Waals surface area contributed by atoms with E-state index in [4.69, 9.17) is 5.26 Å². The van der Waals surface area contributed by atoms with Crippen LogP contribution in [-0.2, 0) is 4.79 Å². The first-order chi connectivity index (χ1) is 8.48. The lowest BCUT2D eigenvalue weighted by molar-refractivity contribution is -0.128. The molecule has 0 saturated heterocycles. The van der Waals surface area contributed by atoms with Gasteiger partial charge in [-0.2, -0.15) is 5.26 Å². The Morgan fingerprint density at radius 1 is 1.50 bits per heavy atom. The number of nitrogens with one attached hydrogen (secondary N) is 1. The van der Waals surface area contributed by atoms with E-state index in [0.717, 1.165) is 6.07 Å². The Morgan fingerprint density at radius 3 is 2.72 bits per heavy atom. The Kier molecular flexibility index (Phi) is 3.04. The van der Waals surface area contributed by atoms with Crippen LogP contribution >= 0.6 is 0 Å². The number of carbonyl (C=O) groups is 1. The van der Waals surface area contributed by atoms with E-state index in [-0.39, 0.29) is 5.69 Å². The van der Waals surface area contributed by atoms with Crippen molar-refractivity contribution in [1.82, 2.24) is 0 Å². The lowest BCUT2D eigenvalue weighted by atomic mass is 9.63. The van der Waals surface area contributed by atoms with Crippen molar-refractivity contribution in [2.75, 3.05) is 5.32 Å². The maximum atomic E-state index is 13.4. The van der Waals surface area contributed by atoms with Gasteiger partial charge in [-0.3, -0.25) is 4.79 Å². The molecule has 18 heavy (non-hydrogen) atoms. The van der Waals surface area contributed by atoms with E-state index in [9.17, 15) is 13.6 Å². The molecule has 94 valence electrons. The molecule has 1 fully saturated rings. The van der Waals surface area contributed by atoms with Gasteiger partial charge < -0.3 is 5.32 Å². The van der Waals surface area contributed by atoms with Gasteiger partial charge in [0.2, 0.25) is 5.91 Å². The summed E-state index contributed by atoms with van der Waals surface area (Å²) in [6, 6.07) is 5.51. The molecule has 0 radical (unpaired) electrons. The van der Waals surface area contributed by atoms with Crippen LogP contribution in [0.5, 0.6) is 0 Å². The molecule has 0 unspecified atom stereocenters. The molecular weight excluding hydrogens is 238 g/mol. The number of hydrogen-bond donors (Lipinski definition) is 1. The van der Waals surface area contributed by atoms with Gasteiger partial charge in [0.05, 0.1) is 11.8 Å². The molecule has 1 aliphatic rings. The van der Waals surface area contributed by atoms with E-state index in [1.165, 1.54) is 12.1 Å². The second-order valence-corrected chi connectivity index (χ2v) is 4.76. The van der Waals surface area contributed by atoms with Gasteiger partial charge >= 0.3 is 0 Å². The lowest BCUT2D eigenvalue weighted by Gasteiger charge is -2.39. The molecule has 2 rings (SSSR count). The van der Waals surface area contributed by atoms with Gasteiger partial charge in [-0.1, -0.05) is 13.0 Å². The van der Waals surface area contributed by atoms with Crippen LogP contribution in [0.15, 0.2) is 18.2 Å². The molecule has 0 bridgehead atoms. The third-order valence-electron chi connectivity index (χ3n) is 3.24. The van der Waals surface area contributed by atoms with Crippen LogP contribution in [-0.4, -0.2) is 5.91 Å². The number of nitriles is 1. The molecule has 3 nitrogen and oxygen atoms in total. The minimum Gasteiger partial charge on any atom is -0.322 e. The molecule has 0 atom stereocenters. The van der Waals surface area contributed by atoms with Crippen molar-refractivity contribution in [3.63, 3.8) is 0 Å². The summed E-state index contributed by atoms with van der Waals surface area (Å²) < 4.78 is 26.4. The van der Waals surface area contributed by atoms with Crippen molar-refractivity contribution in [1.29, 1.82) is 5.26 Å². The molecule has 0 heterocycles. The van der Waals surface area contributed by atoms with Gasteiger partial charge in [0.25, 0.3) is 0 Å². The summed E-state index contributed by atoms with van der Waals surface area (Å²) in [4.78, 5) is 11.9. The number of rotatable bonds is 2. The zero-order chi connectivity index (χ0) is 13.3. The van der Waals surface area contributed by atoms with Crippen molar-refractivity contribution in [2.24, 2.45) is 11.3 Å². The molecule has 1 aliphatic carbocycles. The topological polar surface area (TPSA) is 52.9 Å². The predicted molar refractivity (Wildman–Crippen MR) is 61.4 cm³/mol. The Bertz CT molecular complexity index is 530. The van der Waals surface area contributed by atoms with E-state index < -0.39 is 23.0 Å². The molecule has 0 aliphatic heterocycles. The van der Waals surface area contributed by atoms with E-state index in [2.05, 4.69) is 5.32 Å². The fourth-order valence-corrected chi connectivity index (χ4v) is 2.30. The summed E-state index contributed by atoms with van der Waals surface area (Å²) in [5.41, 5.74) is -1.33. The Morgan fingerprint density at radius 2 is 2.17 bits per heavy atom. The van der Waals surface area contributed by atoms with Crippen molar-refractivity contribution in [2.45, 2.75) is 19.8 Å². The second-order valence-electron chi connectivity index (χ2n) is 4.76. The fraction of sp³-hybridized carbons (Fsp3) is 0.385. The maximum Gasteiger partial charge on any atom is 0.244 e. The van der Waals surface area contributed by atoms with Crippen molar-refractivity contribution in [3.8, 4) is 6.07 Å². The van der Waals surface area contributed by atoms with E-state index in [1.807, 2.05) is 13.0 Å². The zero-order valence-electron chi connectivity index (χ0n) is 9.84. The van der Waals surface area contributed by atoms with Gasteiger partial charge in [-0.25, -0.2) is 8.78 Å². The van der Waals surface area contributed by atoms with Crippen LogP contribution in [0.1, 0.15) is 19.8 Å². The molecule has 1 saturated carbocycles. The highest BCUT2D eigenvalue weighted by atomic mass is 19.2. The highest BCUT2D eigenvalue weighted by Gasteiger charge is 2.49. The highest BCUT2D eigenvalue weighted by Crippen LogP contribution is 2.45. The number of hydrogen-bond acceptors (Lipinski definition) is 2. The summed E-state index contributed by atoms with van der Waals surface area (Å²) in [6.45, 7) is 1.94. The highest BCUT2D eigenvalue weighted by molar-refractivity contribution is 5.98. The SMILES string of the molecule is CC1CC(C#N)(C(=O)Nc2cccc(F)c2F)C1. The Labute approximate surface area is 103 Å². The summed E-state index contributed by atoms with van der Waals surface area (Å²) in [6.07, 6.45) is 0.901. The van der Waals surface area contributed by atoms with E-state index in [1.54, 1.807) is 0 Å². The average molecular weight is 250 g/mol. The minimum atomic E-state index is -1.11. The van der Waals surface area contributed by atoms with Crippen LogP contribution in [0.3, 0.4) is 0 Å². The largest absolute Gasteiger partial charge is 0.322 e. The standard InChI is InChI=1S/C13H12F2N2O/c1-8-5-13(6-8,7-16)12(18)17-10-4-2-3-9(14)11(10)15/h2-4,8H,5-6H2,1H3,(H,17,18). The summed E-state index contributed by atoms with van der Waals surface area (Å²) in [5, 5.41) is 11.3. The summed E-state index contributed by atoms with van der Waals surface area (Å²) in [5.74, 6) is -2.40. The first-order valence-electron chi connectivity index (χ1n) is 5.65. The first-order valence-corrected chi connectivity index (χ1v) is 5.65. The number of nitrogens with zero attached hydrogens (tertiary/aromatic N) is 1. The molecular formula is C13H12F2N2O. The summed E-state index contributed by atoms with van der Waals surface area (Å²) >= 11 is 0. The molecule has 1 amide bonds. The number of benzene rings is 1. The van der Waals surface area contributed by atoms with Crippen LogP contribution in [0.4, 0.5) is 14.5 Å². The average Bonchev–Trinajstić information content (AvgIpc) is 2.30. The van der Waals surface area contributed by atoms with Gasteiger partial charge in [0.1, 0.15) is 5.41 Å². The molecule has 0 spiro atoms. The molecule has 1 aromatic rings. The third-order valence-corrected chi connectivity index (χ3v) is 3.24. The smallest absolute Gasteiger partial charge is 0.244 e. The zero-order valence-corrected chi connectivity index (χ0v) is 9.84. The van der Waals surface area contributed by atoms with Gasteiger partial charge in [0.15, 0.2) is 11.6 Å². The predicted octanol–water partition coefficient (Wildman–Crippen LogP) is 2.84. The van der Waals surface area contributed by atoms with Crippen molar-refractivity contribution >= 4 is 11.6 Å². The fourth-order valence-electron chi connectivity index (χ4n) is 2.30. The normalized spacial score (nSPS) is 26.0. The third kappa shape index (κ3) is 1.94. The van der Waals surface area contributed by atoms with Crippen LogP contribution < -0.4 is 5.32 Å². The maximum absolute atomic E-state index is 13.4. The van der Waals surface area contributed by atoms with Crippen molar-refractivity contribution in [3.05, 3.63) is 29.8 Å². The number of anilines is 1. The minimum absolute atomic E-state index is 0.228. The van der Waals surface area contributed by atoms with E-state index >= 15 is 0 Å². The van der Waals surface area contributed by atoms with Crippen LogP contribution in [0, 0.1) is 34.3 Å². The Balaban J connectivity index is 2.18. The number of carbonyl (C=O) groups excluding carboxylic acids is 1. The molecule has 5 heteroatoms. The molecule has 1 N–H and O–H groups in total. The van der Waals surface area contributed by atoms with Gasteiger partial charge in [0, 0.05) is 0 Å². The van der Waals surface area contributed by atoms with Crippen LogP contribution in [0.2, 0.25) is 0 Å². The van der Waals surface area contributed by atoms with Gasteiger partial charge in [-0.05, 0) is 30.9 Å². The van der Waals surface area contributed by atoms with E-state index in [0.29, 0.717) is 18.8 Å². The quantitative estimate of drug-likeness (QED) is 0.877. The monoisotopic (exact) mass is 250 g/mol. The first kappa shape index (κ1) is 12.5. The molecule has 1 aromatic carbocycles. The molecule has 0 aromatic heterocycles. The Hall–Kier alpha value is -1.96. The lowest BCUT2D eigenvalue weighted by Crippen LogP contribution is -2.45. The second kappa shape index (κ2) is 4.37. The number of amides is 1. The summed E-state index contributed by atoms with van der Waals surface area (Å²) in [7, 11) is 0. The number of halogens is 2. The van der Waals surface area contributed by atoms with Crippen molar-refractivity contribution < 1.29 is 13.6 Å². The van der Waals surface area contributed by atoms with Gasteiger partial charge in [-0.15, -0.1) is 0 Å².